The van der Waals surface area contributed by atoms with Crippen LogP contribution in [0.15, 0.2) is 6.33 Å². The molecule has 0 radical (unpaired) electrons. The molecule has 0 bridgehead atoms. The third-order valence-corrected chi connectivity index (χ3v) is 3.60. The molecule has 1 N–H and O–H groups in total. The molecule has 1 aromatic heterocycles. The third-order valence-electron chi connectivity index (χ3n) is 3.60. The summed E-state index contributed by atoms with van der Waals surface area (Å²) in [6, 6.07) is 0. The lowest BCUT2D eigenvalue weighted by atomic mass is 10.0. The zero-order valence-corrected chi connectivity index (χ0v) is 11.5. The van der Waals surface area contributed by atoms with Crippen molar-refractivity contribution in [1.29, 1.82) is 0 Å². The lowest BCUT2D eigenvalue weighted by Crippen LogP contribution is -2.20. The molecule has 0 saturated carbocycles. The number of imidazole rings is 1. The quantitative estimate of drug-likeness (QED) is 0.716. The fourth-order valence-electron chi connectivity index (χ4n) is 2.56. The SMILES string of the molecule is COCCNCCCCn1cnc2c1CCCC2. The van der Waals surface area contributed by atoms with Crippen LogP contribution in [0.2, 0.25) is 0 Å². The zero-order chi connectivity index (χ0) is 12.6. The first kappa shape index (κ1) is 13.6. The molecule has 4 nitrogen and oxygen atoms in total. The minimum Gasteiger partial charge on any atom is -0.383 e. The van der Waals surface area contributed by atoms with E-state index in [1.807, 2.05) is 6.33 Å². The van der Waals surface area contributed by atoms with Gasteiger partial charge in [0.1, 0.15) is 0 Å². The summed E-state index contributed by atoms with van der Waals surface area (Å²) in [6.07, 6.45) is 9.53. The Balaban J connectivity index is 1.63. The topological polar surface area (TPSA) is 39.1 Å². The summed E-state index contributed by atoms with van der Waals surface area (Å²) in [7, 11) is 1.74. The van der Waals surface area contributed by atoms with Crippen LogP contribution in [0.4, 0.5) is 0 Å². The molecule has 0 spiro atoms. The van der Waals surface area contributed by atoms with E-state index in [0.717, 1.165) is 26.2 Å². The number of unbranched alkanes of at least 4 members (excludes halogenated alkanes) is 1. The maximum absolute atomic E-state index is 4.99. The molecule has 0 aromatic carbocycles. The van der Waals surface area contributed by atoms with E-state index in [4.69, 9.17) is 4.74 Å². The van der Waals surface area contributed by atoms with Crippen molar-refractivity contribution in [2.24, 2.45) is 0 Å². The number of nitrogens with zero attached hydrogens (tertiary/aromatic N) is 2. The Kier molecular flexibility index (Phi) is 5.68. The van der Waals surface area contributed by atoms with Crippen molar-refractivity contribution in [1.82, 2.24) is 14.9 Å². The molecule has 1 heterocycles. The lowest BCUT2D eigenvalue weighted by molar-refractivity contribution is 0.199. The molecule has 0 saturated heterocycles. The first-order valence-electron chi connectivity index (χ1n) is 7.14. The summed E-state index contributed by atoms with van der Waals surface area (Å²) in [5, 5.41) is 3.38. The van der Waals surface area contributed by atoms with Crippen LogP contribution >= 0.6 is 0 Å². The summed E-state index contributed by atoms with van der Waals surface area (Å²) < 4.78 is 7.36. The number of rotatable bonds is 8. The van der Waals surface area contributed by atoms with Gasteiger partial charge in [0.15, 0.2) is 0 Å². The van der Waals surface area contributed by atoms with Gasteiger partial charge >= 0.3 is 0 Å². The van der Waals surface area contributed by atoms with E-state index in [1.54, 1.807) is 7.11 Å². The highest BCUT2D eigenvalue weighted by atomic mass is 16.5. The van der Waals surface area contributed by atoms with Crippen LogP contribution in [0, 0.1) is 0 Å². The summed E-state index contributed by atoms with van der Waals surface area (Å²) in [5.74, 6) is 0. The van der Waals surface area contributed by atoms with Crippen molar-refractivity contribution in [3.63, 3.8) is 0 Å². The number of fused-ring (bicyclic) bond motifs is 1. The van der Waals surface area contributed by atoms with E-state index in [1.165, 1.54) is 49.9 Å². The van der Waals surface area contributed by atoms with Crippen LogP contribution in [0.1, 0.15) is 37.1 Å². The van der Waals surface area contributed by atoms with E-state index in [2.05, 4.69) is 14.9 Å². The predicted molar refractivity (Wildman–Crippen MR) is 72.8 cm³/mol. The number of hydrogen-bond donors (Lipinski definition) is 1. The van der Waals surface area contributed by atoms with E-state index < -0.39 is 0 Å². The van der Waals surface area contributed by atoms with E-state index in [-0.39, 0.29) is 0 Å². The Bertz CT molecular complexity index is 349. The number of hydrogen-bond acceptors (Lipinski definition) is 3. The molecule has 0 amide bonds. The summed E-state index contributed by atoms with van der Waals surface area (Å²) in [4.78, 5) is 4.53. The molecule has 1 aliphatic carbocycles. The van der Waals surface area contributed by atoms with Gasteiger partial charge in [0.25, 0.3) is 0 Å². The Morgan fingerprint density at radius 1 is 1.28 bits per heavy atom. The van der Waals surface area contributed by atoms with Gasteiger partial charge in [0.05, 0.1) is 18.6 Å². The minimum atomic E-state index is 0.801. The zero-order valence-electron chi connectivity index (χ0n) is 11.5. The van der Waals surface area contributed by atoms with Crippen LogP contribution in [-0.4, -0.2) is 36.4 Å². The van der Waals surface area contributed by atoms with Crippen LogP contribution in [0.3, 0.4) is 0 Å². The highest BCUT2D eigenvalue weighted by Gasteiger charge is 2.14. The Morgan fingerprint density at radius 3 is 3.06 bits per heavy atom. The van der Waals surface area contributed by atoms with Gasteiger partial charge in [-0.2, -0.15) is 0 Å². The molecule has 0 unspecified atom stereocenters. The smallest absolute Gasteiger partial charge is 0.0951 e. The Labute approximate surface area is 110 Å². The number of aromatic nitrogens is 2. The van der Waals surface area contributed by atoms with Crippen molar-refractivity contribution in [3.8, 4) is 0 Å². The van der Waals surface area contributed by atoms with Crippen molar-refractivity contribution < 1.29 is 4.74 Å². The fraction of sp³-hybridized carbons (Fsp3) is 0.786. The van der Waals surface area contributed by atoms with Crippen LogP contribution < -0.4 is 5.32 Å². The molecule has 1 aromatic rings. The van der Waals surface area contributed by atoms with Gasteiger partial charge in [-0.25, -0.2) is 4.98 Å². The minimum absolute atomic E-state index is 0.801. The van der Waals surface area contributed by atoms with Crippen LogP contribution in [0.5, 0.6) is 0 Å². The molecule has 18 heavy (non-hydrogen) atoms. The molecular weight excluding hydrogens is 226 g/mol. The van der Waals surface area contributed by atoms with E-state index >= 15 is 0 Å². The summed E-state index contributed by atoms with van der Waals surface area (Å²) in [5.41, 5.74) is 2.84. The van der Waals surface area contributed by atoms with E-state index in [9.17, 15) is 0 Å². The van der Waals surface area contributed by atoms with E-state index in [0.29, 0.717) is 0 Å². The normalized spacial score (nSPS) is 14.7. The highest BCUT2D eigenvalue weighted by Crippen LogP contribution is 2.20. The molecule has 0 atom stereocenters. The van der Waals surface area contributed by atoms with Gasteiger partial charge in [-0.15, -0.1) is 0 Å². The molecular formula is C14H25N3O. The van der Waals surface area contributed by atoms with Crippen LogP contribution in [-0.2, 0) is 24.1 Å². The van der Waals surface area contributed by atoms with Gasteiger partial charge < -0.3 is 14.6 Å². The number of aryl methyl sites for hydroxylation is 2. The first-order valence-corrected chi connectivity index (χ1v) is 7.14. The van der Waals surface area contributed by atoms with Gasteiger partial charge in [0.2, 0.25) is 0 Å². The third kappa shape index (κ3) is 3.82. The number of nitrogens with one attached hydrogen (secondary N) is 1. The van der Waals surface area contributed by atoms with Gasteiger partial charge in [0, 0.05) is 25.9 Å². The Hall–Kier alpha value is -0.870. The first-order chi connectivity index (χ1) is 8.92. The molecule has 1 aliphatic rings. The predicted octanol–water partition coefficient (Wildman–Crippen LogP) is 1.78. The van der Waals surface area contributed by atoms with Crippen molar-refractivity contribution in [3.05, 3.63) is 17.7 Å². The van der Waals surface area contributed by atoms with Gasteiger partial charge in [-0.1, -0.05) is 0 Å². The number of methoxy groups -OCH3 is 1. The Morgan fingerprint density at radius 2 is 2.17 bits per heavy atom. The average molecular weight is 251 g/mol. The average Bonchev–Trinajstić information content (AvgIpc) is 2.81. The maximum atomic E-state index is 4.99. The highest BCUT2D eigenvalue weighted by molar-refractivity contribution is 5.16. The summed E-state index contributed by atoms with van der Waals surface area (Å²) >= 11 is 0. The second-order valence-corrected chi connectivity index (χ2v) is 4.99. The molecule has 4 heteroatoms. The fourth-order valence-corrected chi connectivity index (χ4v) is 2.56. The molecule has 102 valence electrons. The standard InChI is InChI=1S/C14H25N3O/c1-18-11-9-15-8-4-5-10-17-12-16-13-6-2-3-7-14(13)17/h12,15H,2-11H2,1H3. The second kappa shape index (κ2) is 7.54. The molecule has 0 fully saturated rings. The van der Waals surface area contributed by atoms with Crippen molar-refractivity contribution in [2.45, 2.75) is 45.1 Å². The molecule has 0 aliphatic heterocycles. The summed E-state index contributed by atoms with van der Waals surface area (Å²) in [6.45, 7) is 3.96. The lowest BCUT2D eigenvalue weighted by Gasteiger charge is -2.13. The van der Waals surface area contributed by atoms with Crippen molar-refractivity contribution >= 4 is 0 Å². The van der Waals surface area contributed by atoms with Crippen molar-refractivity contribution in [2.75, 3.05) is 26.8 Å². The van der Waals surface area contributed by atoms with Gasteiger partial charge in [-0.3, -0.25) is 0 Å². The molecule has 2 rings (SSSR count). The number of ether oxygens (including phenoxy) is 1. The largest absolute Gasteiger partial charge is 0.383 e. The second-order valence-electron chi connectivity index (χ2n) is 4.99. The monoisotopic (exact) mass is 251 g/mol. The maximum Gasteiger partial charge on any atom is 0.0951 e. The van der Waals surface area contributed by atoms with Crippen LogP contribution in [0.25, 0.3) is 0 Å². The van der Waals surface area contributed by atoms with Gasteiger partial charge in [-0.05, 0) is 45.1 Å².